The highest BCUT2D eigenvalue weighted by atomic mass is 79.9. The van der Waals surface area contributed by atoms with Crippen molar-refractivity contribution in [1.82, 2.24) is 20.0 Å². The summed E-state index contributed by atoms with van der Waals surface area (Å²) >= 11 is 3.44. The fourth-order valence-electron chi connectivity index (χ4n) is 2.49. The molecule has 0 spiro atoms. The third-order valence-corrected chi connectivity index (χ3v) is 4.14. The van der Waals surface area contributed by atoms with E-state index < -0.39 is 0 Å². The molecule has 1 amide bonds. The molecule has 1 unspecified atom stereocenters. The maximum atomic E-state index is 12.5. The molecule has 2 aromatic rings. The maximum absolute atomic E-state index is 12.5. The Kier molecular flexibility index (Phi) is 4.07. The molecule has 0 saturated carbocycles. The fraction of sp³-hybridized carbons (Fsp3) is 0.333. The molecule has 1 saturated heterocycles. The van der Waals surface area contributed by atoms with Crippen molar-refractivity contribution in [2.24, 2.45) is 0 Å². The highest BCUT2D eigenvalue weighted by molar-refractivity contribution is 9.10. The summed E-state index contributed by atoms with van der Waals surface area (Å²) in [5, 5.41) is 7.70. The Balaban J connectivity index is 1.83. The predicted molar refractivity (Wildman–Crippen MR) is 84.6 cm³/mol. The Morgan fingerprint density at radius 3 is 3.05 bits per heavy atom. The minimum absolute atomic E-state index is 0.00209. The molecular formula is C15H17BrN4O. The number of hydrogen-bond donors (Lipinski definition) is 1. The molecule has 21 heavy (non-hydrogen) atoms. The van der Waals surface area contributed by atoms with Gasteiger partial charge in [0, 0.05) is 36.3 Å². The Labute approximate surface area is 132 Å². The number of carbonyl (C=O) groups excluding carboxylic acids is 1. The highest BCUT2D eigenvalue weighted by Gasteiger charge is 2.25. The van der Waals surface area contributed by atoms with Crippen molar-refractivity contribution in [1.29, 1.82) is 0 Å². The number of halogens is 1. The van der Waals surface area contributed by atoms with Crippen LogP contribution in [0.25, 0.3) is 5.69 Å². The van der Waals surface area contributed by atoms with E-state index in [1.165, 1.54) is 0 Å². The van der Waals surface area contributed by atoms with Crippen LogP contribution in [0.3, 0.4) is 0 Å². The fourth-order valence-corrected chi connectivity index (χ4v) is 2.88. The molecule has 2 heterocycles. The van der Waals surface area contributed by atoms with Gasteiger partial charge < -0.3 is 10.2 Å². The van der Waals surface area contributed by atoms with Crippen molar-refractivity contribution < 1.29 is 4.79 Å². The molecule has 0 bridgehead atoms. The van der Waals surface area contributed by atoms with E-state index in [9.17, 15) is 4.79 Å². The van der Waals surface area contributed by atoms with E-state index >= 15 is 0 Å². The third kappa shape index (κ3) is 3.01. The van der Waals surface area contributed by atoms with Crippen molar-refractivity contribution in [3.63, 3.8) is 0 Å². The van der Waals surface area contributed by atoms with Gasteiger partial charge in [-0.15, -0.1) is 0 Å². The van der Waals surface area contributed by atoms with Crippen molar-refractivity contribution in [3.8, 4) is 5.69 Å². The minimum atomic E-state index is -0.00209. The van der Waals surface area contributed by atoms with Crippen LogP contribution in [0.2, 0.25) is 0 Å². The van der Waals surface area contributed by atoms with Crippen LogP contribution in [-0.2, 0) is 0 Å². The number of amides is 1. The first kappa shape index (κ1) is 14.3. The van der Waals surface area contributed by atoms with Gasteiger partial charge in [0.25, 0.3) is 5.91 Å². The zero-order valence-corrected chi connectivity index (χ0v) is 13.4. The van der Waals surface area contributed by atoms with Crippen LogP contribution >= 0.6 is 15.9 Å². The Morgan fingerprint density at radius 1 is 1.43 bits per heavy atom. The molecule has 1 aliphatic rings. The van der Waals surface area contributed by atoms with E-state index in [-0.39, 0.29) is 11.9 Å². The van der Waals surface area contributed by atoms with Gasteiger partial charge in [-0.1, -0.05) is 22.0 Å². The molecular weight excluding hydrogens is 332 g/mol. The van der Waals surface area contributed by atoms with Gasteiger partial charge >= 0.3 is 0 Å². The van der Waals surface area contributed by atoms with Crippen molar-refractivity contribution in [3.05, 3.63) is 46.7 Å². The molecule has 0 aliphatic carbocycles. The number of rotatable bonds is 2. The highest BCUT2D eigenvalue weighted by Crippen LogP contribution is 2.16. The van der Waals surface area contributed by atoms with Gasteiger partial charge in [0.15, 0.2) is 5.69 Å². The number of nitrogens with zero attached hydrogens (tertiary/aromatic N) is 3. The first-order chi connectivity index (χ1) is 10.1. The van der Waals surface area contributed by atoms with Crippen LogP contribution in [0.4, 0.5) is 0 Å². The van der Waals surface area contributed by atoms with Crippen LogP contribution in [0, 0.1) is 0 Å². The molecule has 1 N–H and O–H groups in total. The second-order valence-electron chi connectivity index (χ2n) is 5.18. The van der Waals surface area contributed by atoms with E-state index in [0.29, 0.717) is 5.69 Å². The molecule has 3 rings (SSSR count). The van der Waals surface area contributed by atoms with E-state index in [2.05, 4.69) is 33.3 Å². The molecule has 5 nitrogen and oxygen atoms in total. The minimum Gasteiger partial charge on any atom is -0.332 e. The second-order valence-corrected chi connectivity index (χ2v) is 6.09. The molecule has 0 radical (unpaired) electrons. The third-order valence-electron chi connectivity index (χ3n) is 3.64. The summed E-state index contributed by atoms with van der Waals surface area (Å²) in [7, 11) is 0. The first-order valence-electron chi connectivity index (χ1n) is 6.98. The summed E-state index contributed by atoms with van der Waals surface area (Å²) in [5.41, 5.74) is 1.42. The van der Waals surface area contributed by atoms with E-state index in [1.807, 2.05) is 35.4 Å². The molecule has 6 heteroatoms. The van der Waals surface area contributed by atoms with Crippen LogP contribution in [0.5, 0.6) is 0 Å². The topological polar surface area (TPSA) is 50.2 Å². The molecule has 1 fully saturated rings. The summed E-state index contributed by atoms with van der Waals surface area (Å²) < 4.78 is 2.71. The van der Waals surface area contributed by atoms with Crippen LogP contribution in [0.15, 0.2) is 41.0 Å². The summed E-state index contributed by atoms with van der Waals surface area (Å²) in [6.45, 7) is 4.44. The molecule has 1 aromatic heterocycles. The standard InChI is InChI=1S/C15H17BrN4O/c1-11-10-17-6-8-19(11)15(21)14-5-7-20(18-14)13-4-2-3-12(16)9-13/h2-5,7,9,11,17H,6,8,10H2,1H3. The lowest BCUT2D eigenvalue weighted by molar-refractivity contribution is 0.0649. The monoisotopic (exact) mass is 348 g/mol. The lowest BCUT2D eigenvalue weighted by Crippen LogP contribution is -2.52. The Morgan fingerprint density at radius 2 is 2.29 bits per heavy atom. The zero-order valence-electron chi connectivity index (χ0n) is 11.8. The second kappa shape index (κ2) is 5.99. The van der Waals surface area contributed by atoms with E-state index in [1.54, 1.807) is 10.7 Å². The predicted octanol–water partition coefficient (Wildman–Crippen LogP) is 2.07. The van der Waals surface area contributed by atoms with Crippen molar-refractivity contribution in [2.45, 2.75) is 13.0 Å². The maximum Gasteiger partial charge on any atom is 0.274 e. The van der Waals surface area contributed by atoms with Gasteiger partial charge in [-0.25, -0.2) is 4.68 Å². The van der Waals surface area contributed by atoms with Gasteiger partial charge in [-0.2, -0.15) is 5.10 Å². The quantitative estimate of drug-likeness (QED) is 0.903. The Hall–Kier alpha value is -1.66. The zero-order chi connectivity index (χ0) is 14.8. The lowest BCUT2D eigenvalue weighted by Gasteiger charge is -2.33. The number of aromatic nitrogens is 2. The van der Waals surface area contributed by atoms with Gasteiger partial charge in [-0.05, 0) is 31.2 Å². The number of nitrogens with one attached hydrogen (secondary N) is 1. The number of benzene rings is 1. The van der Waals surface area contributed by atoms with Gasteiger partial charge in [0.1, 0.15) is 0 Å². The van der Waals surface area contributed by atoms with Gasteiger partial charge in [0.05, 0.1) is 5.69 Å². The molecule has 110 valence electrons. The summed E-state index contributed by atoms with van der Waals surface area (Å²) in [6, 6.07) is 9.80. The number of piperazine rings is 1. The van der Waals surface area contributed by atoms with Gasteiger partial charge in [-0.3, -0.25) is 4.79 Å². The summed E-state index contributed by atoms with van der Waals surface area (Å²) in [5.74, 6) is -0.00209. The van der Waals surface area contributed by atoms with Crippen molar-refractivity contribution in [2.75, 3.05) is 19.6 Å². The number of carbonyl (C=O) groups is 1. The van der Waals surface area contributed by atoms with Gasteiger partial charge in [0.2, 0.25) is 0 Å². The van der Waals surface area contributed by atoms with Crippen molar-refractivity contribution >= 4 is 21.8 Å². The SMILES string of the molecule is CC1CNCCN1C(=O)c1ccn(-c2cccc(Br)c2)n1. The average molecular weight is 349 g/mol. The number of hydrogen-bond acceptors (Lipinski definition) is 3. The van der Waals surface area contributed by atoms with Crippen LogP contribution < -0.4 is 5.32 Å². The van der Waals surface area contributed by atoms with Crippen LogP contribution in [0.1, 0.15) is 17.4 Å². The van der Waals surface area contributed by atoms with E-state index in [4.69, 9.17) is 0 Å². The molecule has 1 aromatic carbocycles. The average Bonchev–Trinajstić information content (AvgIpc) is 2.97. The smallest absolute Gasteiger partial charge is 0.274 e. The molecule has 1 aliphatic heterocycles. The largest absolute Gasteiger partial charge is 0.332 e. The molecule has 1 atom stereocenters. The summed E-state index contributed by atoms with van der Waals surface area (Å²) in [4.78, 5) is 14.4. The lowest BCUT2D eigenvalue weighted by atomic mass is 10.2. The van der Waals surface area contributed by atoms with E-state index in [0.717, 1.165) is 29.8 Å². The first-order valence-corrected chi connectivity index (χ1v) is 7.78. The Bertz CT molecular complexity index is 655. The summed E-state index contributed by atoms with van der Waals surface area (Å²) in [6.07, 6.45) is 1.82. The normalized spacial score (nSPS) is 18.8. The van der Waals surface area contributed by atoms with Crippen LogP contribution in [-0.4, -0.2) is 46.3 Å².